The first kappa shape index (κ1) is 19.0. The molecule has 0 bridgehead atoms. The van der Waals surface area contributed by atoms with E-state index in [2.05, 4.69) is 10.4 Å². The Bertz CT molecular complexity index is 985. The van der Waals surface area contributed by atoms with Gasteiger partial charge in [0.2, 0.25) is 5.69 Å². The highest BCUT2D eigenvalue weighted by Gasteiger charge is 2.21. The quantitative estimate of drug-likeness (QED) is 0.658. The third kappa shape index (κ3) is 4.50. The minimum absolute atomic E-state index is 0.0931. The van der Waals surface area contributed by atoms with Gasteiger partial charge in [0, 0.05) is 11.8 Å². The number of ether oxygens (including phenoxy) is 2. The molecule has 3 aromatic rings. The van der Waals surface area contributed by atoms with E-state index >= 15 is 0 Å². The van der Waals surface area contributed by atoms with Gasteiger partial charge in [-0.15, -0.1) is 0 Å². The molecule has 9 heteroatoms. The molecule has 0 atom stereocenters. The Morgan fingerprint density at radius 3 is 2.43 bits per heavy atom. The van der Waals surface area contributed by atoms with Crippen molar-refractivity contribution >= 4 is 17.6 Å². The topological polar surface area (TPSA) is 82.5 Å². The number of anilines is 1. The SMILES string of the molecule is COc1cn(-c2ccccc2)nc1C(=O)OCC(=O)Nc1cc(F)cc(F)c1. The van der Waals surface area contributed by atoms with E-state index in [0.717, 1.165) is 12.1 Å². The molecule has 0 aliphatic heterocycles. The maximum atomic E-state index is 13.1. The lowest BCUT2D eigenvalue weighted by atomic mass is 10.3. The van der Waals surface area contributed by atoms with Crippen molar-refractivity contribution in [2.75, 3.05) is 19.0 Å². The van der Waals surface area contributed by atoms with Gasteiger partial charge in [0.15, 0.2) is 12.4 Å². The van der Waals surface area contributed by atoms with Crippen molar-refractivity contribution in [3.05, 3.63) is 72.1 Å². The zero-order chi connectivity index (χ0) is 20.1. The number of benzene rings is 2. The highest BCUT2D eigenvalue weighted by atomic mass is 19.1. The molecular formula is C19H15F2N3O4. The van der Waals surface area contributed by atoms with Crippen LogP contribution in [0.2, 0.25) is 0 Å². The van der Waals surface area contributed by atoms with Crippen LogP contribution in [0.3, 0.4) is 0 Å². The lowest BCUT2D eigenvalue weighted by Crippen LogP contribution is -2.21. The number of carbonyl (C=O) groups excluding carboxylic acids is 2. The Balaban J connectivity index is 1.66. The monoisotopic (exact) mass is 387 g/mol. The number of carbonyl (C=O) groups is 2. The minimum Gasteiger partial charge on any atom is -0.493 e. The third-order valence-electron chi connectivity index (χ3n) is 3.60. The molecule has 7 nitrogen and oxygen atoms in total. The van der Waals surface area contributed by atoms with Crippen LogP contribution in [0.4, 0.5) is 14.5 Å². The molecular weight excluding hydrogens is 372 g/mol. The summed E-state index contributed by atoms with van der Waals surface area (Å²) in [4.78, 5) is 24.1. The van der Waals surface area contributed by atoms with Crippen molar-refractivity contribution in [3.8, 4) is 11.4 Å². The zero-order valence-corrected chi connectivity index (χ0v) is 14.7. The first-order chi connectivity index (χ1) is 13.5. The van der Waals surface area contributed by atoms with Crippen molar-refractivity contribution < 1.29 is 27.8 Å². The van der Waals surface area contributed by atoms with Crippen LogP contribution in [-0.2, 0) is 9.53 Å². The van der Waals surface area contributed by atoms with Crippen molar-refractivity contribution in [1.82, 2.24) is 9.78 Å². The molecule has 0 fully saturated rings. The summed E-state index contributed by atoms with van der Waals surface area (Å²) < 4.78 is 37.8. The molecule has 0 saturated carbocycles. The van der Waals surface area contributed by atoms with E-state index in [1.54, 1.807) is 24.3 Å². The Morgan fingerprint density at radius 2 is 1.79 bits per heavy atom. The number of aromatic nitrogens is 2. The molecule has 1 heterocycles. The summed E-state index contributed by atoms with van der Waals surface area (Å²) in [5.41, 5.74) is 0.492. The molecule has 1 N–H and O–H groups in total. The number of esters is 1. The predicted octanol–water partition coefficient (Wildman–Crippen LogP) is 2.95. The molecule has 2 aromatic carbocycles. The van der Waals surface area contributed by atoms with E-state index in [4.69, 9.17) is 9.47 Å². The Hall–Kier alpha value is -3.75. The van der Waals surface area contributed by atoms with E-state index < -0.39 is 30.1 Å². The summed E-state index contributed by atoms with van der Waals surface area (Å²) in [7, 11) is 1.37. The summed E-state index contributed by atoms with van der Waals surface area (Å²) in [5, 5.41) is 6.36. The van der Waals surface area contributed by atoms with Crippen LogP contribution in [0.5, 0.6) is 5.75 Å². The van der Waals surface area contributed by atoms with Gasteiger partial charge >= 0.3 is 5.97 Å². The van der Waals surface area contributed by atoms with Crippen molar-refractivity contribution in [2.45, 2.75) is 0 Å². The summed E-state index contributed by atoms with van der Waals surface area (Å²) in [5.74, 6) is -3.17. The lowest BCUT2D eigenvalue weighted by molar-refractivity contribution is -0.119. The summed E-state index contributed by atoms with van der Waals surface area (Å²) in [6, 6.07) is 11.6. The molecule has 0 radical (unpaired) electrons. The minimum atomic E-state index is -0.882. The second-order valence-electron chi connectivity index (χ2n) is 5.61. The number of para-hydroxylation sites is 1. The first-order valence-electron chi connectivity index (χ1n) is 8.08. The molecule has 0 unspecified atom stereocenters. The highest BCUT2D eigenvalue weighted by molar-refractivity contribution is 5.95. The molecule has 1 aromatic heterocycles. The Labute approximate surface area is 158 Å². The molecule has 3 rings (SSSR count). The van der Waals surface area contributed by atoms with Gasteiger partial charge in [0.25, 0.3) is 5.91 Å². The van der Waals surface area contributed by atoms with Crippen LogP contribution >= 0.6 is 0 Å². The van der Waals surface area contributed by atoms with E-state index in [-0.39, 0.29) is 17.1 Å². The summed E-state index contributed by atoms with van der Waals surface area (Å²) in [6.45, 7) is -0.668. The summed E-state index contributed by atoms with van der Waals surface area (Å²) in [6.07, 6.45) is 1.50. The maximum Gasteiger partial charge on any atom is 0.363 e. The summed E-state index contributed by atoms with van der Waals surface area (Å²) >= 11 is 0. The number of rotatable bonds is 6. The van der Waals surface area contributed by atoms with Crippen LogP contribution in [-0.4, -0.2) is 35.4 Å². The van der Waals surface area contributed by atoms with Crippen molar-refractivity contribution in [1.29, 1.82) is 0 Å². The fourth-order valence-electron chi connectivity index (χ4n) is 2.38. The van der Waals surface area contributed by atoms with Crippen LogP contribution in [0, 0.1) is 11.6 Å². The predicted molar refractivity (Wildman–Crippen MR) is 95.4 cm³/mol. The van der Waals surface area contributed by atoms with Crippen molar-refractivity contribution in [3.63, 3.8) is 0 Å². The smallest absolute Gasteiger partial charge is 0.363 e. The molecule has 144 valence electrons. The van der Waals surface area contributed by atoms with E-state index in [1.165, 1.54) is 18.0 Å². The maximum absolute atomic E-state index is 13.1. The number of nitrogens with zero attached hydrogens (tertiary/aromatic N) is 2. The van der Waals surface area contributed by atoms with E-state index in [9.17, 15) is 18.4 Å². The van der Waals surface area contributed by atoms with Gasteiger partial charge in [0.05, 0.1) is 19.0 Å². The fourth-order valence-corrected chi connectivity index (χ4v) is 2.38. The van der Waals surface area contributed by atoms with Gasteiger partial charge in [-0.3, -0.25) is 4.79 Å². The molecule has 0 saturated heterocycles. The zero-order valence-electron chi connectivity index (χ0n) is 14.7. The Morgan fingerprint density at radius 1 is 1.11 bits per heavy atom. The number of amides is 1. The first-order valence-corrected chi connectivity index (χ1v) is 8.08. The molecule has 0 spiro atoms. The highest BCUT2D eigenvalue weighted by Crippen LogP contribution is 2.20. The van der Waals surface area contributed by atoms with Crippen LogP contribution < -0.4 is 10.1 Å². The van der Waals surface area contributed by atoms with Gasteiger partial charge < -0.3 is 14.8 Å². The molecule has 1 amide bonds. The molecule has 0 aliphatic carbocycles. The van der Waals surface area contributed by atoms with Gasteiger partial charge in [0.1, 0.15) is 11.6 Å². The lowest BCUT2D eigenvalue weighted by Gasteiger charge is -2.06. The number of halogens is 2. The average Bonchev–Trinajstić information content (AvgIpc) is 3.10. The van der Waals surface area contributed by atoms with E-state index in [0.29, 0.717) is 11.8 Å². The Kier molecular flexibility index (Phi) is 5.64. The van der Waals surface area contributed by atoms with Crippen LogP contribution in [0.25, 0.3) is 5.69 Å². The number of hydrogen-bond acceptors (Lipinski definition) is 5. The van der Waals surface area contributed by atoms with Crippen molar-refractivity contribution in [2.24, 2.45) is 0 Å². The second kappa shape index (κ2) is 8.30. The number of hydrogen-bond donors (Lipinski definition) is 1. The average molecular weight is 387 g/mol. The largest absolute Gasteiger partial charge is 0.493 e. The van der Waals surface area contributed by atoms with E-state index in [1.807, 2.05) is 6.07 Å². The van der Waals surface area contributed by atoms with Gasteiger partial charge in [-0.05, 0) is 24.3 Å². The fraction of sp³-hybridized carbons (Fsp3) is 0.105. The number of nitrogens with one attached hydrogen (secondary N) is 1. The van der Waals surface area contributed by atoms with Gasteiger partial charge in [-0.1, -0.05) is 18.2 Å². The second-order valence-corrected chi connectivity index (χ2v) is 5.61. The van der Waals surface area contributed by atoms with Crippen LogP contribution in [0.15, 0.2) is 54.7 Å². The standard InChI is InChI=1S/C19H15F2N3O4/c1-27-16-10-24(15-5-3-2-4-6-15)23-18(16)19(26)28-11-17(25)22-14-8-12(20)7-13(21)9-14/h2-10H,11H2,1H3,(H,22,25). The molecule has 0 aliphatic rings. The third-order valence-corrected chi connectivity index (χ3v) is 3.60. The van der Waals surface area contributed by atoms with Gasteiger partial charge in [-0.25, -0.2) is 18.3 Å². The van der Waals surface area contributed by atoms with Gasteiger partial charge in [-0.2, -0.15) is 5.10 Å². The molecule has 28 heavy (non-hydrogen) atoms. The normalized spacial score (nSPS) is 10.4. The van der Waals surface area contributed by atoms with Crippen LogP contribution in [0.1, 0.15) is 10.5 Å². The number of methoxy groups -OCH3 is 1.